The number of hydrogen-bond acceptors (Lipinski definition) is 3. The molecule has 0 amide bonds. The van der Waals surface area contributed by atoms with Crippen molar-refractivity contribution in [3.05, 3.63) is 35.5 Å². The number of rotatable bonds is 3. The Morgan fingerprint density at radius 3 is 2.64 bits per heavy atom. The molecule has 0 saturated heterocycles. The van der Waals surface area contributed by atoms with Crippen LogP contribution in [0.15, 0.2) is 29.4 Å². The van der Waals surface area contributed by atoms with Gasteiger partial charge in [0.15, 0.2) is 5.16 Å². The van der Waals surface area contributed by atoms with Crippen molar-refractivity contribution >= 4 is 11.8 Å². The third-order valence-electron chi connectivity index (χ3n) is 5.04. The van der Waals surface area contributed by atoms with Crippen molar-refractivity contribution in [3.8, 4) is 11.3 Å². The van der Waals surface area contributed by atoms with Gasteiger partial charge in [-0.05, 0) is 24.3 Å². The highest BCUT2D eigenvalue weighted by Crippen LogP contribution is 2.35. The molecule has 0 unspecified atom stereocenters. The quantitative estimate of drug-likeness (QED) is 0.925. The number of hydrogen-bond donors (Lipinski definition) is 1. The van der Waals surface area contributed by atoms with Crippen molar-refractivity contribution < 1.29 is 0 Å². The topological polar surface area (TPSA) is 43.8 Å². The Balaban J connectivity index is 1.63. The molecule has 1 fully saturated rings. The fourth-order valence-electron chi connectivity index (χ4n) is 3.82. The normalized spacial score (nSPS) is 18.6. The summed E-state index contributed by atoms with van der Waals surface area (Å²) >= 11 is 1.84. The smallest absolute Gasteiger partial charge is 0.168 e. The lowest BCUT2D eigenvalue weighted by atomic mass is 9.84. The Morgan fingerprint density at radius 2 is 1.91 bits per heavy atom. The summed E-state index contributed by atoms with van der Waals surface area (Å²) in [6.07, 6.45) is 6.88. The Morgan fingerprint density at radius 1 is 1.14 bits per heavy atom. The van der Waals surface area contributed by atoms with Crippen LogP contribution in [0, 0.1) is 0 Å². The number of nitrogens with two attached hydrogens (primary N) is 1. The van der Waals surface area contributed by atoms with Crippen LogP contribution < -0.4 is 5.73 Å². The van der Waals surface area contributed by atoms with Crippen molar-refractivity contribution in [1.82, 2.24) is 9.55 Å². The van der Waals surface area contributed by atoms with Crippen LogP contribution in [-0.2, 0) is 13.1 Å². The fraction of sp³-hybridized carbons (Fsp3) is 0.500. The molecule has 1 aromatic heterocycles. The highest BCUT2D eigenvalue weighted by molar-refractivity contribution is 7.99. The third kappa shape index (κ3) is 2.48. The maximum Gasteiger partial charge on any atom is 0.168 e. The second-order valence-corrected chi connectivity index (χ2v) is 7.41. The second kappa shape index (κ2) is 6.09. The van der Waals surface area contributed by atoms with Crippen LogP contribution >= 0.6 is 11.8 Å². The molecule has 4 rings (SSSR count). The lowest BCUT2D eigenvalue weighted by Gasteiger charge is -2.22. The molecule has 1 saturated carbocycles. The summed E-state index contributed by atoms with van der Waals surface area (Å²) in [7, 11) is 0. The number of nitrogens with zero attached hydrogens (tertiary/aromatic N) is 2. The van der Waals surface area contributed by atoms with Crippen LogP contribution in [0.4, 0.5) is 0 Å². The molecule has 2 heterocycles. The van der Waals surface area contributed by atoms with Gasteiger partial charge in [-0.2, -0.15) is 0 Å². The molecule has 1 aromatic carbocycles. The van der Waals surface area contributed by atoms with Crippen molar-refractivity contribution in [2.24, 2.45) is 5.73 Å². The standard InChI is InChI=1S/C18H23N3S/c19-12-16-17(20-18-21(16)10-11-22-18)15-8-6-14(7-9-15)13-4-2-1-3-5-13/h6-9,13H,1-5,10-12,19H2. The zero-order chi connectivity index (χ0) is 14.9. The SMILES string of the molecule is NCc1c(-c2ccc(C3CCCCC3)cc2)nc2n1CCS2. The van der Waals surface area contributed by atoms with Gasteiger partial charge in [-0.3, -0.25) is 0 Å². The summed E-state index contributed by atoms with van der Waals surface area (Å²) in [6, 6.07) is 9.10. The molecule has 4 heteroatoms. The van der Waals surface area contributed by atoms with E-state index in [0.717, 1.165) is 29.1 Å². The minimum absolute atomic E-state index is 0.563. The highest BCUT2D eigenvalue weighted by atomic mass is 32.2. The maximum absolute atomic E-state index is 5.98. The number of fused-ring (bicyclic) bond motifs is 1. The Bertz CT molecular complexity index is 654. The van der Waals surface area contributed by atoms with Gasteiger partial charge in [0.05, 0.1) is 11.4 Å². The van der Waals surface area contributed by atoms with Gasteiger partial charge < -0.3 is 10.3 Å². The lowest BCUT2D eigenvalue weighted by molar-refractivity contribution is 0.443. The van der Waals surface area contributed by atoms with Crippen LogP contribution in [0.2, 0.25) is 0 Å². The third-order valence-corrected chi connectivity index (χ3v) is 5.99. The average Bonchev–Trinajstić information content (AvgIpc) is 3.16. The van der Waals surface area contributed by atoms with E-state index in [1.807, 2.05) is 11.8 Å². The van der Waals surface area contributed by atoms with Crippen LogP contribution in [0.25, 0.3) is 11.3 Å². The molecule has 1 aliphatic heterocycles. The summed E-state index contributed by atoms with van der Waals surface area (Å²) in [5.74, 6) is 1.88. The summed E-state index contributed by atoms with van der Waals surface area (Å²) < 4.78 is 2.29. The van der Waals surface area contributed by atoms with Crippen molar-refractivity contribution in [2.75, 3.05) is 5.75 Å². The predicted octanol–water partition coefficient (Wildman–Crippen LogP) is 4.16. The molecule has 1 aliphatic carbocycles. The first-order valence-corrected chi connectivity index (χ1v) is 9.38. The van der Waals surface area contributed by atoms with Gasteiger partial charge in [-0.15, -0.1) is 0 Å². The summed E-state index contributed by atoms with van der Waals surface area (Å²) in [5, 5.41) is 1.13. The zero-order valence-corrected chi connectivity index (χ0v) is 13.7. The van der Waals surface area contributed by atoms with E-state index in [4.69, 9.17) is 10.7 Å². The summed E-state index contributed by atoms with van der Waals surface area (Å²) in [5.41, 5.74) is 11.0. The molecule has 2 N–H and O–H groups in total. The van der Waals surface area contributed by atoms with Gasteiger partial charge in [0.2, 0.25) is 0 Å². The molecule has 0 spiro atoms. The monoisotopic (exact) mass is 313 g/mol. The largest absolute Gasteiger partial charge is 0.325 e. The molecular weight excluding hydrogens is 290 g/mol. The van der Waals surface area contributed by atoms with E-state index in [9.17, 15) is 0 Å². The first-order valence-electron chi connectivity index (χ1n) is 8.39. The average molecular weight is 313 g/mol. The minimum atomic E-state index is 0.563. The van der Waals surface area contributed by atoms with E-state index in [-0.39, 0.29) is 0 Å². The van der Waals surface area contributed by atoms with E-state index in [2.05, 4.69) is 28.8 Å². The number of imidazole rings is 1. The maximum atomic E-state index is 5.98. The van der Waals surface area contributed by atoms with Gasteiger partial charge >= 0.3 is 0 Å². The van der Waals surface area contributed by atoms with Crippen molar-refractivity contribution in [3.63, 3.8) is 0 Å². The molecule has 0 bridgehead atoms. The minimum Gasteiger partial charge on any atom is -0.325 e. The number of aromatic nitrogens is 2. The zero-order valence-electron chi connectivity index (χ0n) is 12.9. The van der Waals surface area contributed by atoms with Crippen molar-refractivity contribution in [2.45, 2.75) is 56.3 Å². The highest BCUT2D eigenvalue weighted by Gasteiger charge is 2.22. The van der Waals surface area contributed by atoms with Gasteiger partial charge in [-0.1, -0.05) is 55.3 Å². The van der Waals surface area contributed by atoms with Gasteiger partial charge in [-0.25, -0.2) is 4.98 Å². The molecule has 3 nitrogen and oxygen atoms in total. The summed E-state index contributed by atoms with van der Waals surface area (Å²) in [6.45, 7) is 1.60. The van der Waals surface area contributed by atoms with E-state index in [1.165, 1.54) is 48.9 Å². The molecule has 116 valence electrons. The first-order chi connectivity index (χ1) is 10.9. The Hall–Kier alpha value is -1.26. The van der Waals surface area contributed by atoms with Crippen LogP contribution in [-0.4, -0.2) is 15.3 Å². The molecule has 22 heavy (non-hydrogen) atoms. The van der Waals surface area contributed by atoms with Gasteiger partial charge in [0, 0.05) is 24.4 Å². The Kier molecular flexibility index (Phi) is 3.97. The molecular formula is C18H23N3S. The molecule has 0 radical (unpaired) electrons. The number of thioether (sulfide) groups is 1. The molecule has 2 aromatic rings. The fourth-order valence-corrected chi connectivity index (χ4v) is 4.79. The van der Waals surface area contributed by atoms with E-state index in [1.54, 1.807) is 0 Å². The van der Waals surface area contributed by atoms with Crippen molar-refractivity contribution in [1.29, 1.82) is 0 Å². The molecule has 2 aliphatic rings. The van der Waals surface area contributed by atoms with Crippen LogP contribution in [0.3, 0.4) is 0 Å². The lowest BCUT2D eigenvalue weighted by Crippen LogP contribution is -2.07. The first kappa shape index (κ1) is 14.3. The van der Waals surface area contributed by atoms with Gasteiger partial charge in [0.1, 0.15) is 0 Å². The van der Waals surface area contributed by atoms with Gasteiger partial charge in [0.25, 0.3) is 0 Å². The number of benzene rings is 1. The Labute approximate surface area is 136 Å². The second-order valence-electron chi connectivity index (χ2n) is 6.35. The predicted molar refractivity (Wildman–Crippen MR) is 92.1 cm³/mol. The van der Waals surface area contributed by atoms with E-state index < -0.39 is 0 Å². The van der Waals surface area contributed by atoms with Crippen LogP contribution in [0.5, 0.6) is 0 Å². The molecule has 0 atom stereocenters. The van der Waals surface area contributed by atoms with Crippen LogP contribution in [0.1, 0.15) is 49.3 Å². The van der Waals surface area contributed by atoms with E-state index >= 15 is 0 Å². The van der Waals surface area contributed by atoms with E-state index in [0.29, 0.717) is 6.54 Å². The summed E-state index contributed by atoms with van der Waals surface area (Å²) in [4.78, 5) is 4.82.